The average molecular weight is 396 g/mol. The molecule has 0 radical (unpaired) electrons. The predicted molar refractivity (Wildman–Crippen MR) is 107 cm³/mol. The first kappa shape index (κ1) is 18.1. The van der Waals surface area contributed by atoms with Gasteiger partial charge < -0.3 is 20.1 Å². The SMILES string of the molecule is CO[C@@H]1CNC[C@@H]1Oc1cnn(C)c1-c1ccn2nc(NC(=O)C3CC3)cc2c1. The number of fused-ring (bicyclic) bond motifs is 1. The summed E-state index contributed by atoms with van der Waals surface area (Å²) in [6.45, 7) is 1.51. The molecule has 1 aliphatic carbocycles. The van der Waals surface area contributed by atoms with E-state index in [2.05, 4.69) is 20.8 Å². The molecule has 3 aromatic rings. The fraction of sp³-hybridized carbons (Fsp3) is 0.450. The van der Waals surface area contributed by atoms with Crippen LogP contribution in [0.3, 0.4) is 0 Å². The van der Waals surface area contributed by atoms with Crippen molar-refractivity contribution in [2.75, 3.05) is 25.5 Å². The van der Waals surface area contributed by atoms with Gasteiger partial charge in [0, 0.05) is 51.0 Å². The molecule has 5 rings (SSSR count). The molecular weight excluding hydrogens is 372 g/mol. The quantitative estimate of drug-likeness (QED) is 0.655. The van der Waals surface area contributed by atoms with Gasteiger partial charge in [-0.15, -0.1) is 0 Å². The second-order valence-corrected chi connectivity index (χ2v) is 7.65. The van der Waals surface area contributed by atoms with E-state index < -0.39 is 0 Å². The number of nitrogens with one attached hydrogen (secondary N) is 2. The molecule has 2 N–H and O–H groups in total. The number of rotatable bonds is 6. The lowest BCUT2D eigenvalue weighted by molar-refractivity contribution is -0.117. The van der Waals surface area contributed by atoms with E-state index in [-0.39, 0.29) is 24.0 Å². The van der Waals surface area contributed by atoms with Crippen molar-refractivity contribution in [3.8, 4) is 17.0 Å². The summed E-state index contributed by atoms with van der Waals surface area (Å²) in [5.74, 6) is 1.48. The Morgan fingerprint density at radius 2 is 2.10 bits per heavy atom. The maximum absolute atomic E-state index is 12.0. The third kappa shape index (κ3) is 3.47. The molecule has 0 bridgehead atoms. The fourth-order valence-electron chi connectivity index (χ4n) is 3.76. The van der Waals surface area contributed by atoms with Gasteiger partial charge in [-0.2, -0.15) is 10.2 Å². The first-order valence-electron chi connectivity index (χ1n) is 9.85. The van der Waals surface area contributed by atoms with Crippen LogP contribution in [0.2, 0.25) is 0 Å². The van der Waals surface area contributed by atoms with Crippen molar-refractivity contribution in [2.45, 2.75) is 25.0 Å². The highest BCUT2D eigenvalue weighted by atomic mass is 16.5. The minimum atomic E-state index is -0.0640. The Bertz CT molecular complexity index is 1050. The van der Waals surface area contributed by atoms with E-state index >= 15 is 0 Å². The summed E-state index contributed by atoms with van der Waals surface area (Å²) in [4.78, 5) is 12.0. The van der Waals surface area contributed by atoms with Gasteiger partial charge in [0.25, 0.3) is 0 Å². The van der Waals surface area contributed by atoms with E-state index in [1.165, 1.54) is 0 Å². The first-order valence-corrected chi connectivity index (χ1v) is 9.85. The van der Waals surface area contributed by atoms with Gasteiger partial charge in [0.15, 0.2) is 11.6 Å². The summed E-state index contributed by atoms with van der Waals surface area (Å²) in [5, 5.41) is 15.0. The third-order valence-corrected chi connectivity index (χ3v) is 5.53. The third-order valence-electron chi connectivity index (χ3n) is 5.53. The summed E-state index contributed by atoms with van der Waals surface area (Å²) in [7, 11) is 3.59. The van der Waals surface area contributed by atoms with E-state index in [4.69, 9.17) is 9.47 Å². The van der Waals surface area contributed by atoms with Crippen LogP contribution < -0.4 is 15.4 Å². The molecule has 152 valence electrons. The van der Waals surface area contributed by atoms with E-state index in [0.29, 0.717) is 5.82 Å². The molecule has 1 saturated heterocycles. The van der Waals surface area contributed by atoms with Crippen LogP contribution in [0.15, 0.2) is 30.6 Å². The highest BCUT2D eigenvalue weighted by Gasteiger charge is 2.31. The Labute approximate surface area is 168 Å². The molecular formula is C20H24N6O3. The lowest BCUT2D eigenvalue weighted by Crippen LogP contribution is -2.31. The van der Waals surface area contributed by atoms with Crippen LogP contribution in [0.5, 0.6) is 5.75 Å². The van der Waals surface area contributed by atoms with Crippen molar-refractivity contribution < 1.29 is 14.3 Å². The number of hydrogen-bond donors (Lipinski definition) is 2. The van der Waals surface area contributed by atoms with Crippen molar-refractivity contribution in [1.82, 2.24) is 24.7 Å². The predicted octanol–water partition coefficient (Wildman–Crippen LogP) is 1.45. The highest BCUT2D eigenvalue weighted by Crippen LogP contribution is 2.33. The summed E-state index contributed by atoms with van der Waals surface area (Å²) < 4.78 is 15.3. The van der Waals surface area contributed by atoms with E-state index in [9.17, 15) is 4.79 Å². The van der Waals surface area contributed by atoms with Crippen molar-refractivity contribution in [3.63, 3.8) is 0 Å². The number of aryl methyl sites for hydroxylation is 1. The number of aromatic nitrogens is 4. The van der Waals surface area contributed by atoms with Crippen molar-refractivity contribution in [1.29, 1.82) is 0 Å². The molecule has 1 amide bonds. The summed E-state index contributed by atoms with van der Waals surface area (Å²) in [5.41, 5.74) is 2.74. The zero-order chi connectivity index (χ0) is 20.0. The van der Waals surface area contributed by atoms with Crippen molar-refractivity contribution in [2.24, 2.45) is 13.0 Å². The minimum absolute atomic E-state index is 0.0120. The molecule has 2 aliphatic rings. The molecule has 3 aromatic heterocycles. The second-order valence-electron chi connectivity index (χ2n) is 7.65. The number of pyridine rings is 1. The standard InChI is InChI=1S/C20H24N6O3/c1-25-19(17(11-22-25)29-16-10-21-9-15(16)28-2)13-5-6-26-14(7-13)8-18(24-26)23-20(27)12-3-4-12/h5-8,11-12,15-16,21H,3-4,9-10H2,1-2H3,(H,23,24,27)/t15-,16+/m1/s1. The lowest BCUT2D eigenvalue weighted by atomic mass is 10.1. The Kier molecular flexibility index (Phi) is 4.48. The Hall–Kier alpha value is -2.91. The number of anilines is 1. The average Bonchev–Trinajstić information content (AvgIpc) is 3.19. The second kappa shape index (κ2) is 7.16. The summed E-state index contributed by atoms with van der Waals surface area (Å²) >= 11 is 0. The molecule has 29 heavy (non-hydrogen) atoms. The normalized spacial score (nSPS) is 21.6. The van der Waals surface area contributed by atoms with Gasteiger partial charge in [-0.05, 0) is 25.0 Å². The minimum Gasteiger partial charge on any atom is -0.482 e. The topological polar surface area (TPSA) is 94.7 Å². The smallest absolute Gasteiger partial charge is 0.228 e. The zero-order valence-corrected chi connectivity index (χ0v) is 16.5. The fourth-order valence-corrected chi connectivity index (χ4v) is 3.76. The summed E-state index contributed by atoms with van der Waals surface area (Å²) in [6.07, 6.45) is 5.50. The van der Waals surface area contributed by atoms with Crippen LogP contribution in [-0.2, 0) is 16.6 Å². The van der Waals surface area contributed by atoms with E-state index in [1.54, 1.807) is 22.5 Å². The molecule has 1 saturated carbocycles. The molecule has 9 nitrogen and oxygen atoms in total. The van der Waals surface area contributed by atoms with Crippen LogP contribution in [0.4, 0.5) is 5.82 Å². The van der Waals surface area contributed by atoms with Gasteiger partial charge in [-0.1, -0.05) is 0 Å². The van der Waals surface area contributed by atoms with Crippen LogP contribution in [0, 0.1) is 5.92 Å². The zero-order valence-electron chi connectivity index (χ0n) is 16.5. The van der Waals surface area contributed by atoms with Gasteiger partial charge in [0.05, 0.1) is 11.7 Å². The largest absolute Gasteiger partial charge is 0.482 e. The Balaban J connectivity index is 1.42. The van der Waals surface area contributed by atoms with Crippen LogP contribution in [0.25, 0.3) is 16.8 Å². The van der Waals surface area contributed by atoms with Crippen LogP contribution in [-0.4, -0.2) is 57.7 Å². The van der Waals surface area contributed by atoms with Crippen molar-refractivity contribution >= 4 is 17.2 Å². The molecule has 2 atom stereocenters. The highest BCUT2D eigenvalue weighted by molar-refractivity contribution is 5.93. The molecule has 2 fully saturated rings. The molecule has 0 spiro atoms. The molecule has 1 aliphatic heterocycles. The van der Waals surface area contributed by atoms with Gasteiger partial charge in [-0.25, -0.2) is 4.52 Å². The lowest BCUT2D eigenvalue weighted by Gasteiger charge is -2.19. The Morgan fingerprint density at radius 3 is 2.90 bits per heavy atom. The molecule has 0 unspecified atom stereocenters. The maximum Gasteiger partial charge on any atom is 0.228 e. The monoisotopic (exact) mass is 396 g/mol. The molecule has 0 aromatic carbocycles. The van der Waals surface area contributed by atoms with E-state index in [0.717, 1.165) is 48.5 Å². The first-order chi connectivity index (χ1) is 14.1. The number of nitrogens with zero attached hydrogens (tertiary/aromatic N) is 4. The molecule has 9 heteroatoms. The number of hydrogen-bond acceptors (Lipinski definition) is 6. The van der Waals surface area contributed by atoms with Gasteiger partial charge in [0.1, 0.15) is 17.9 Å². The van der Waals surface area contributed by atoms with E-state index in [1.807, 2.05) is 31.4 Å². The molecule has 4 heterocycles. The van der Waals surface area contributed by atoms with Crippen molar-refractivity contribution in [3.05, 3.63) is 30.6 Å². The maximum atomic E-state index is 12.0. The number of carbonyl (C=O) groups excluding carboxylic acids is 1. The summed E-state index contributed by atoms with van der Waals surface area (Å²) in [6, 6.07) is 5.87. The van der Waals surface area contributed by atoms with Gasteiger partial charge in [0.2, 0.25) is 5.91 Å². The van der Waals surface area contributed by atoms with Crippen LogP contribution in [0.1, 0.15) is 12.8 Å². The Morgan fingerprint density at radius 1 is 1.28 bits per heavy atom. The van der Waals surface area contributed by atoms with Gasteiger partial charge in [-0.3, -0.25) is 9.48 Å². The number of ether oxygens (including phenoxy) is 2. The number of carbonyl (C=O) groups is 1. The number of amides is 1. The number of methoxy groups -OCH3 is 1. The van der Waals surface area contributed by atoms with Crippen LogP contribution >= 0.6 is 0 Å². The van der Waals surface area contributed by atoms with Gasteiger partial charge >= 0.3 is 0 Å².